The number of carbonyl (C=O) groups excluding carboxylic acids is 1. The van der Waals surface area contributed by atoms with Crippen molar-refractivity contribution in [1.29, 1.82) is 0 Å². The Balaban J connectivity index is 2.22. The molecular weight excluding hydrogens is 320 g/mol. The molecule has 0 radical (unpaired) electrons. The summed E-state index contributed by atoms with van der Waals surface area (Å²) in [6.07, 6.45) is 1.65. The molecule has 1 fully saturated rings. The number of aromatic nitrogens is 1. The number of rotatable bonds is 1. The number of morpholine rings is 1. The minimum Gasteiger partial charge on any atom is -0.372 e. The van der Waals surface area contributed by atoms with E-state index < -0.39 is 0 Å². The fourth-order valence-corrected chi connectivity index (χ4v) is 2.60. The molecule has 4 nitrogen and oxygen atoms in total. The van der Waals surface area contributed by atoms with Crippen LogP contribution in [-0.2, 0) is 4.74 Å². The first kappa shape index (κ1) is 13.8. The zero-order valence-corrected chi connectivity index (χ0v) is 12.5. The number of hydrogen-bond donors (Lipinski definition) is 0. The van der Waals surface area contributed by atoms with Gasteiger partial charge in [-0.05, 0) is 35.8 Å². The second-order valence-corrected chi connectivity index (χ2v) is 5.73. The standard InChI is InChI=1S/C12H14BrClN2O2/c1-7-5-16(6-8(2)18-7)12(17)10-3-9(13)4-15-11(10)14/h3-4,7-8H,5-6H2,1-2H3. The zero-order chi connectivity index (χ0) is 13.3. The van der Waals surface area contributed by atoms with Crippen molar-refractivity contribution in [3.05, 3.63) is 27.5 Å². The number of ether oxygens (including phenoxy) is 1. The van der Waals surface area contributed by atoms with Gasteiger partial charge in [-0.3, -0.25) is 4.79 Å². The van der Waals surface area contributed by atoms with Crippen LogP contribution in [0, 0.1) is 0 Å². The largest absolute Gasteiger partial charge is 0.372 e. The average molecular weight is 334 g/mol. The van der Waals surface area contributed by atoms with Gasteiger partial charge in [-0.1, -0.05) is 11.6 Å². The monoisotopic (exact) mass is 332 g/mol. The van der Waals surface area contributed by atoms with Crippen molar-refractivity contribution in [2.45, 2.75) is 26.1 Å². The van der Waals surface area contributed by atoms with Gasteiger partial charge in [0.1, 0.15) is 5.15 Å². The summed E-state index contributed by atoms with van der Waals surface area (Å²) < 4.78 is 6.34. The maximum absolute atomic E-state index is 12.4. The topological polar surface area (TPSA) is 42.4 Å². The van der Waals surface area contributed by atoms with Crippen LogP contribution >= 0.6 is 27.5 Å². The second-order valence-electron chi connectivity index (χ2n) is 4.46. The maximum atomic E-state index is 12.4. The van der Waals surface area contributed by atoms with Crippen molar-refractivity contribution in [1.82, 2.24) is 9.88 Å². The maximum Gasteiger partial charge on any atom is 0.257 e. The van der Waals surface area contributed by atoms with Crippen LogP contribution in [0.25, 0.3) is 0 Å². The molecule has 1 aliphatic heterocycles. The van der Waals surface area contributed by atoms with Gasteiger partial charge in [-0.2, -0.15) is 0 Å². The summed E-state index contributed by atoms with van der Waals surface area (Å²) in [7, 11) is 0. The molecule has 1 amide bonds. The summed E-state index contributed by atoms with van der Waals surface area (Å²) in [6, 6.07) is 1.70. The number of amides is 1. The molecule has 2 rings (SSSR count). The fourth-order valence-electron chi connectivity index (χ4n) is 2.09. The first-order valence-corrected chi connectivity index (χ1v) is 6.90. The van der Waals surface area contributed by atoms with Gasteiger partial charge in [0.15, 0.2) is 0 Å². The summed E-state index contributed by atoms with van der Waals surface area (Å²) in [5.74, 6) is -0.101. The highest BCUT2D eigenvalue weighted by molar-refractivity contribution is 9.10. The summed E-state index contributed by atoms with van der Waals surface area (Å²) in [4.78, 5) is 18.1. The predicted molar refractivity (Wildman–Crippen MR) is 72.9 cm³/mol. The molecule has 2 heterocycles. The van der Waals surface area contributed by atoms with Crippen molar-refractivity contribution in [2.24, 2.45) is 0 Å². The molecule has 0 spiro atoms. The number of carbonyl (C=O) groups is 1. The van der Waals surface area contributed by atoms with E-state index in [9.17, 15) is 4.79 Å². The molecule has 2 atom stereocenters. The molecule has 0 bridgehead atoms. The lowest BCUT2D eigenvalue weighted by molar-refractivity contribution is -0.0586. The van der Waals surface area contributed by atoms with E-state index in [2.05, 4.69) is 20.9 Å². The average Bonchev–Trinajstić information content (AvgIpc) is 2.30. The van der Waals surface area contributed by atoms with Gasteiger partial charge in [-0.25, -0.2) is 4.98 Å². The first-order valence-electron chi connectivity index (χ1n) is 5.73. The fraction of sp³-hybridized carbons (Fsp3) is 0.500. The normalized spacial score (nSPS) is 24.1. The first-order chi connectivity index (χ1) is 8.47. The smallest absolute Gasteiger partial charge is 0.257 e. The Morgan fingerprint density at radius 2 is 2.11 bits per heavy atom. The van der Waals surface area contributed by atoms with Crippen LogP contribution in [0.5, 0.6) is 0 Å². The molecule has 0 N–H and O–H groups in total. The van der Waals surface area contributed by atoms with Crippen molar-refractivity contribution in [2.75, 3.05) is 13.1 Å². The molecule has 1 saturated heterocycles. The van der Waals surface area contributed by atoms with Gasteiger partial charge < -0.3 is 9.64 Å². The quantitative estimate of drug-likeness (QED) is 0.742. The number of nitrogens with zero attached hydrogens (tertiary/aromatic N) is 2. The Bertz CT molecular complexity index is 459. The van der Waals surface area contributed by atoms with E-state index >= 15 is 0 Å². The Labute approximate surface area is 119 Å². The van der Waals surface area contributed by atoms with Crippen LogP contribution in [0.15, 0.2) is 16.7 Å². The molecule has 1 aromatic heterocycles. The van der Waals surface area contributed by atoms with Crippen LogP contribution in [0.1, 0.15) is 24.2 Å². The number of halogens is 2. The summed E-state index contributed by atoms with van der Waals surface area (Å²) in [5.41, 5.74) is 0.423. The van der Waals surface area contributed by atoms with Crippen LogP contribution in [-0.4, -0.2) is 41.1 Å². The van der Waals surface area contributed by atoms with E-state index in [1.54, 1.807) is 17.2 Å². The molecule has 6 heteroatoms. The minimum absolute atomic E-state index is 0.0385. The Hall–Kier alpha value is -0.650. The van der Waals surface area contributed by atoms with Gasteiger partial charge >= 0.3 is 0 Å². The summed E-state index contributed by atoms with van der Waals surface area (Å²) >= 11 is 9.27. The lowest BCUT2D eigenvalue weighted by Crippen LogP contribution is -2.48. The lowest BCUT2D eigenvalue weighted by atomic mass is 10.2. The molecule has 2 unspecified atom stereocenters. The zero-order valence-electron chi connectivity index (χ0n) is 10.2. The Kier molecular flexibility index (Phi) is 4.25. The molecule has 98 valence electrons. The molecule has 1 aromatic rings. The number of pyridine rings is 1. The van der Waals surface area contributed by atoms with E-state index in [1.807, 2.05) is 13.8 Å². The van der Waals surface area contributed by atoms with Crippen LogP contribution in [0.4, 0.5) is 0 Å². The highest BCUT2D eigenvalue weighted by atomic mass is 79.9. The molecule has 0 aromatic carbocycles. The third-order valence-electron chi connectivity index (χ3n) is 2.74. The van der Waals surface area contributed by atoms with Crippen LogP contribution in [0.2, 0.25) is 5.15 Å². The molecule has 0 aliphatic carbocycles. The summed E-state index contributed by atoms with van der Waals surface area (Å²) in [6.45, 7) is 5.06. The SMILES string of the molecule is CC1CN(C(=O)c2cc(Br)cnc2Cl)CC(C)O1. The predicted octanol–water partition coefficient (Wildman–Crippen LogP) is 2.75. The van der Waals surface area contributed by atoms with Crippen molar-refractivity contribution in [3.8, 4) is 0 Å². The van der Waals surface area contributed by atoms with E-state index in [0.29, 0.717) is 18.7 Å². The minimum atomic E-state index is -0.101. The van der Waals surface area contributed by atoms with Gasteiger partial charge in [0.2, 0.25) is 0 Å². The van der Waals surface area contributed by atoms with E-state index in [0.717, 1.165) is 4.47 Å². The van der Waals surface area contributed by atoms with E-state index in [1.165, 1.54) is 0 Å². The van der Waals surface area contributed by atoms with E-state index in [4.69, 9.17) is 16.3 Å². The molecule has 0 saturated carbocycles. The van der Waals surface area contributed by atoms with Gasteiger partial charge in [0.25, 0.3) is 5.91 Å². The third-order valence-corrected chi connectivity index (χ3v) is 3.48. The van der Waals surface area contributed by atoms with Crippen molar-refractivity contribution in [3.63, 3.8) is 0 Å². The van der Waals surface area contributed by atoms with Crippen molar-refractivity contribution >= 4 is 33.4 Å². The van der Waals surface area contributed by atoms with Crippen LogP contribution < -0.4 is 0 Å². The third kappa shape index (κ3) is 3.02. The number of hydrogen-bond acceptors (Lipinski definition) is 3. The highest BCUT2D eigenvalue weighted by Gasteiger charge is 2.28. The van der Waals surface area contributed by atoms with E-state index in [-0.39, 0.29) is 23.3 Å². The molecule has 1 aliphatic rings. The lowest BCUT2D eigenvalue weighted by Gasteiger charge is -2.35. The second kappa shape index (κ2) is 5.55. The van der Waals surface area contributed by atoms with Crippen molar-refractivity contribution < 1.29 is 9.53 Å². The highest BCUT2D eigenvalue weighted by Crippen LogP contribution is 2.21. The molecule has 18 heavy (non-hydrogen) atoms. The Morgan fingerprint density at radius 1 is 1.50 bits per heavy atom. The van der Waals surface area contributed by atoms with Gasteiger partial charge in [-0.15, -0.1) is 0 Å². The summed E-state index contributed by atoms with van der Waals surface area (Å²) in [5, 5.41) is 0.231. The Morgan fingerprint density at radius 3 is 2.72 bits per heavy atom. The van der Waals surface area contributed by atoms with Gasteiger partial charge in [0, 0.05) is 23.8 Å². The molecular formula is C12H14BrClN2O2. The van der Waals surface area contributed by atoms with Gasteiger partial charge in [0.05, 0.1) is 17.8 Å². The van der Waals surface area contributed by atoms with Crippen LogP contribution in [0.3, 0.4) is 0 Å².